The quantitative estimate of drug-likeness (QED) is 0.919. The van der Waals surface area contributed by atoms with Gasteiger partial charge in [0.2, 0.25) is 0 Å². The van der Waals surface area contributed by atoms with Crippen molar-refractivity contribution in [1.82, 2.24) is 20.1 Å². The Hall–Kier alpha value is -0.490. The Morgan fingerprint density at radius 3 is 2.90 bits per heavy atom. The average Bonchev–Trinajstić information content (AvgIpc) is 2.90. The van der Waals surface area contributed by atoms with Gasteiger partial charge < -0.3 is 5.32 Å². The van der Waals surface area contributed by atoms with Gasteiger partial charge in [0.15, 0.2) is 0 Å². The van der Waals surface area contributed by atoms with Crippen molar-refractivity contribution in [2.24, 2.45) is 0 Å². The molecule has 20 heavy (non-hydrogen) atoms. The third-order valence-electron chi connectivity index (χ3n) is 4.47. The Morgan fingerprint density at radius 2 is 2.10 bits per heavy atom. The van der Waals surface area contributed by atoms with Gasteiger partial charge in [-0.1, -0.05) is 6.42 Å². The van der Waals surface area contributed by atoms with Crippen LogP contribution >= 0.6 is 11.3 Å². The van der Waals surface area contributed by atoms with Crippen LogP contribution in [0.5, 0.6) is 0 Å². The predicted octanol–water partition coefficient (Wildman–Crippen LogP) is 1.92. The van der Waals surface area contributed by atoms with Crippen molar-refractivity contribution < 1.29 is 0 Å². The van der Waals surface area contributed by atoms with E-state index in [1.165, 1.54) is 35.7 Å². The minimum Gasteiger partial charge on any atom is -0.314 e. The molecule has 0 spiro atoms. The van der Waals surface area contributed by atoms with Crippen molar-refractivity contribution in [2.75, 3.05) is 32.7 Å². The summed E-state index contributed by atoms with van der Waals surface area (Å²) in [6.45, 7) is 10.3. The zero-order valence-electron chi connectivity index (χ0n) is 12.5. The van der Waals surface area contributed by atoms with Crippen LogP contribution in [0, 0.1) is 0 Å². The van der Waals surface area contributed by atoms with Crippen LogP contribution in [0.4, 0.5) is 0 Å². The molecule has 0 aromatic carbocycles. The molecule has 0 saturated carbocycles. The lowest BCUT2D eigenvalue weighted by Crippen LogP contribution is -2.42. The Kier molecular flexibility index (Phi) is 5.04. The van der Waals surface area contributed by atoms with E-state index < -0.39 is 0 Å². The molecular formula is C15H26N4S. The number of nitrogens with zero attached hydrogens (tertiary/aromatic N) is 3. The van der Waals surface area contributed by atoms with Crippen molar-refractivity contribution in [3.8, 4) is 0 Å². The maximum absolute atomic E-state index is 4.64. The van der Waals surface area contributed by atoms with Crippen molar-refractivity contribution in [3.63, 3.8) is 0 Å². The molecule has 1 unspecified atom stereocenters. The highest BCUT2D eigenvalue weighted by Crippen LogP contribution is 2.22. The molecule has 2 fully saturated rings. The van der Waals surface area contributed by atoms with Crippen LogP contribution in [0.15, 0.2) is 6.20 Å². The molecule has 1 aromatic rings. The number of nitrogens with one attached hydrogen (secondary N) is 1. The van der Waals surface area contributed by atoms with E-state index in [1.54, 1.807) is 0 Å². The SMILES string of the molecule is CC1CCCCN1Cc1ncc(CN2CCNCC2)s1. The minimum atomic E-state index is 0.726. The standard InChI is InChI=1S/C15H26N4S/c1-13-4-2-3-7-19(13)12-15-17-10-14(20-15)11-18-8-5-16-6-9-18/h10,13,16H,2-9,11-12H2,1H3. The fourth-order valence-electron chi connectivity index (χ4n) is 3.15. The monoisotopic (exact) mass is 294 g/mol. The fraction of sp³-hybridized carbons (Fsp3) is 0.800. The first kappa shape index (κ1) is 14.4. The molecule has 0 radical (unpaired) electrons. The molecule has 2 aliphatic rings. The molecule has 1 atom stereocenters. The molecule has 112 valence electrons. The molecule has 3 heterocycles. The van der Waals surface area contributed by atoms with Crippen LogP contribution in [0.3, 0.4) is 0 Å². The maximum atomic E-state index is 4.64. The number of hydrogen-bond acceptors (Lipinski definition) is 5. The Balaban J connectivity index is 1.53. The van der Waals surface area contributed by atoms with Gasteiger partial charge in [-0.05, 0) is 26.3 Å². The minimum absolute atomic E-state index is 0.726. The van der Waals surface area contributed by atoms with E-state index in [2.05, 4.69) is 33.2 Å². The van der Waals surface area contributed by atoms with Crippen molar-refractivity contribution in [3.05, 3.63) is 16.1 Å². The van der Waals surface area contributed by atoms with Crippen LogP contribution in [0.25, 0.3) is 0 Å². The van der Waals surface area contributed by atoms with E-state index in [0.29, 0.717) is 0 Å². The highest BCUT2D eigenvalue weighted by atomic mass is 32.1. The predicted molar refractivity (Wildman–Crippen MR) is 84.0 cm³/mol. The van der Waals surface area contributed by atoms with Crippen LogP contribution in [-0.2, 0) is 13.1 Å². The van der Waals surface area contributed by atoms with Gasteiger partial charge in [0.25, 0.3) is 0 Å². The van der Waals surface area contributed by atoms with E-state index in [1.807, 2.05) is 11.3 Å². The molecule has 2 aliphatic heterocycles. The first-order valence-corrected chi connectivity index (χ1v) is 8.73. The van der Waals surface area contributed by atoms with Crippen molar-refractivity contribution in [1.29, 1.82) is 0 Å². The summed E-state index contributed by atoms with van der Waals surface area (Å²) in [6, 6.07) is 0.726. The number of thiazole rings is 1. The second-order valence-electron chi connectivity index (χ2n) is 6.06. The molecule has 0 aliphatic carbocycles. The lowest BCUT2D eigenvalue weighted by Gasteiger charge is -2.32. The third-order valence-corrected chi connectivity index (χ3v) is 5.44. The van der Waals surface area contributed by atoms with E-state index in [-0.39, 0.29) is 0 Å². The first-order chi connectivity index (χ1) is 9.81. The normalized spacial score (nSPS) is 25.9. The molecular weight excluding hydrogens is 268 g/mol. The smallest absolute Gasteiger partial charge is 0.107 e. The summed E-state index contributed by atoms with van der Waals surface area (Å²) in [4.78, 5) is 11.2. The zero-order valence-corrected chi connectivity index (χ0v) is 13.3. The van der Waals surface area contributed by atoms with E-state index in [0.717, 1.165) is 45.3 Å². The number of likely N-dealkylation sites (tertiary alicyclic amines) is 1. The number of piperidine rings is 1. The van der Waals surface area contributed by atoms with Gasteiger partial charge in [-0.15, -0.1) is 11.3 Å². The molecule has 4 nitrogen and oxygen atoms in total. The van der Waals surface area contributed by atoms with Gasteiger partial charge in [0, 0.05) is 49.8 Å². The van der Waals surface area contributed by atoms with Gasteiger partial charge in [-0.25, -0.2) is 4.98 Å². The van der Waals surface area contributed by atoms with E-state index in [9.17, 15) is 0 Å². The van der Waals surface area contributed by atoms with Gasteiger partial charge in [0.1, 0.15) is 5.01 Å². The summed E-state index contributed by atoms with van der Waals surface area (Å²) in [5.74, 6) is 0. The zero-order chi connectivity index (χ0) is 13.8. The molecule has 0 amide bonds. The fourth-order valence-corrected chi connectivity index (χ4v) is 4.14. The van der Waals surface area contributed by atoms with Gasteiger partial charge in [0.05, 0.1) is 6.54 Å². The largest absolute Gasteiger partial charge is 0.314 e. The molecule has 3 rings (SSSR count). The number of piperazine rings is 1. The lowest BCUT2D eigenvalue weighted by molar-refractivity contribution is 0.152. The second kappa shape index (κ2) is 6.98. The number of rotatable bonds is 4. The third kappa shape index (κ3) is 3.79. The van der Waals surface area contributed by atoms with E-state index >= 15 is 0 Å². The number of aromatic nitrogens is 1. The Labute approximate surface area is 126 Å². The first-order valence-electron chi connectivity index (χ1n) is 7.92. The van der Waals surface area contributed by atoms with Crippen LogP contribution in [0.2, 0.25) is 0 Å². The van der Waals surface area contributed by atoms with Gasteiger partial charge >= 0.3 is 0 Å². The average molecular weight is 294 g/mol. The van der Waals surface area contributed by atoms with Gasteiger partial charge in [-0.2, -0.15) is 0 Å². The molecule has 1 N–H and O–H groups in total. The molecule has 1 aromatic heterocycles. The summed E-state index contributed by atoms with van der Waals surface area (Å²) in [5.41, 5.74) is 0. The lowest BCUT2D eigenvalue weighted by atomic mass is 10.0. The van der Waals surface area contributed by atoms with Crippen molar-refractivity contribution >= 4 is 11.3 Å². The Morgan fingerprint density at radius 1 is 1.25 bits per heavy atom. The van der Waals surface area contributed by atoms with Crippen LogP contribution in [-0.4, -0.2) is 53.5 Å². The highest BCUT2D eigenvalue weighted by Gasteiger charge is 2.19. The van der Waals surface area contributed by atoms with Crippen LogP contribution < -0.4 is 5.32 Å². The highest BCUT2D eigenvalue weighted by molar-refractivity contribution is 7.11. The van der Waals surface area contributed by atoms with Crippen molar-refractivity contribution in [2.45, 2.75) is 45.3 Å². The summed E-state index contributed by atoms with van der Waals surface area (Å²) >= 11 is 1.91. The Bertz CT molecular complexity index is 414. The van der Waals surface area contributed by atoms with Crippen LogP contribution in [0.1, 0.15) is 36.1 Å². The topological polar surface area (TPSA) is 31.4 Å². The summed E-state index contributed by atoms with van der Waals surface area (Å²) < 4.78 is 0. The maximum Gasteiger partial charge on any atom is 0.107 e. The second-order valence-corrected chi connectivity index (χ2v) is 7.26. The number of hydrogen-bond donors (Lipinski definition) is 1. The van der Waals surface area contributed by atoms with Gasteiger partial charge in [-0.3, -0.25) is 9.80 Å². The summed E-state index contributed by atoms with van der Waals surface area (Å²) in [5, 5.41) is 4.70. The van der Waals surface area contributed by atoms with E-state index in [4.69, 9.17) is 0 Å². The molecule has 2 saturated heterocycles. The summed E-state index contributed by atoms with van der Waals surface area (Å²) in [6.07, 6.45) is 6.18. The molecule has 0 bridgehead atoms. The summed E-state index contributed by atoms with van der Waals surface area (Å²) in [7, 11) is 0. The molecule has 5 heteroatoms.